The van der Waals surface area contributed by atoms with Gasteiger partial charge in [-0.15, -0.1) is 0 Å². The first kappa shape index (κ1) is 52.5. The molecule has 2 saturated heterocycles. The van der Waals surface area contributed by atoms with Crippen LogP contribution in [0.5, 0.6) is 5.75 Å². The summed E-state index contributed by atoms with van der Waals surface area (Å²) in [6.45, 7) is 13.9. The number of piperidine rings is 1. The lowest BCUT2D eigenvalue weighted by atomic mass is 10.1. The minimum absolute atomic E-state index is 0.00978. The predicted molar refractivity (Wildman–Crippen MR) is 257 cm³/mol. The number of carbonyl (C=O) groups is 5. The number of hydrogen-bond donors (Lipinski definition) is 2. The molecule has 6 rings (SSSR count). The molecule has 372 valence electrons. The van der Waals surface area contributed by atoms with Gasteiger partial charge in [0, 0.05) is 102 Å². The van der Waals surface area contributed by atoms with E-state index in [0.717, 1.165) is 94.8 Å². The van der Waals surface area contributed by atoms with Gasteiger partial charge in [0.1, 0.15) is 17.9 Å². The average Bonchev–Trinajstić information content (AvgIpc) is 3.98. The molecule has 21 heteroatoms. The molecule has 0 bridgehead atoms. The summed E-state index contributed by atoms with van der Waals surface area (Å²) in [4.78, 5) is 87.1. The first-order valence-corrected chi connectivity index (χ1v) is 24.5. The average molecular weight is 966 g/mol. The van der Waals surface area contributed by atoms with Crippen LogP contribution in [0.4, 0.5) is 5.82 Å². The summed E-state index contributed by atoms with van der Waals surface area (Å²) in [5, 5.41) is 5.12. The van der Waals surface area contributed by atoms with Gasteiger partial charge in [-0.3, -0.25) is 43.3 Å². The molecule has 68 heavy (non-hydrogen) atoms. The van der Waals surface area contributed by atoms with Crippen LogP contribution < -0.4 is 20.9 Å². The Kier molecular flexibility index (Phi) is 21.6. The smallest absolute Gasteiger partial charge is 0.265 e. The van der Waals surface area contributed by atoms with Crippen LogP contribution in [0.25, 0.3) is 0 Å². The van der Waals surface area contributed by atoms with Crippen molar-refractivity contribution in [3.63, 3.8) is 0 Å². The maximum absolute atomic E-state index is 13.2. The maximum Gasteiger partial charge on any atom is 0.265 e. The summed E-state index contributed by atoms with van der Waals surface area (Å²) in [7, 11) is 1.45. The van der Waals surface area contributed by atoms with Gasteiger partial charge in [0.2, 0.25) is 5.91 Å². The van der Waals surface area contributed by atoms with Crippen LogP contribution in [0.3, 0.4) is 0 Å². The van der Waals surface area contributed by atoms with Crippen LogP contribution in [0.2, 0.25) is 0 Å². The lowest BCUT2D eigenvalue weighted by molar-refractivity contribution is -0.123. The normalized spacial score (nSPS) is 18.0. The molecule has 2 aromatic rings. The molecular formula is C47H67N9O11S. The number of aldehydes is 1. The standard InChI is InChI=1S/C47H67N9O11S/c1-48-41(58)12-11-38(33-57)56-46(61)39-8-5-9-40(44(39)47(56)62)67-34-42(59)50-16-24-63-26-28-65-30-31-66-29-27-64-25-23-52-19-21-54(22-20-52)68-53-17-14-36(15-18-53)51-32-35-10-13-43(60)55(45(35)49-2)37-6-3-4-7-37/h5,8-10,13,32-33,36-38H,2-4,6-7,11-12,14-31,34H2,1H3,(H,48,58)(H,50,59)/b51-32-. The van der Waals surface area contributed by atoms with Gasteiger partial charge in [0.15, 0.2) is 6.61 Å². The Morgan fingerprint density at radius 2 is 1.49 bits per heavy atom. The summed E-state index contributed by atoms with van der Waals surface area (Å²) in [5.41, 5.74) is 0.888. The Labute approximate surface area is 402 Å². The lowest BCUT2D eigenvalue weighted by Crippen LogP contribution is -2.46. The number of nitrogens with zero attached hydrogens (tertiary/aromatic N) is 7. The topological polar surface area (TPSA) is 215 Å². The molecule has 4 amide bonds. The van der Waals surface area contributed by atoms with Crippen molar-refractivity contribution in [2.75, 3.05) is 119 Å². The van der Waals surface area contributed by atoms with E-state index in [4.69, 9.17) is 28.7 Å². The second-order valence-electron chi connectivity index (χ2n) is 16.9. The van der Waals surface area contributed by atoms with Gasteiger partial charge in [0.05, 0.1) is 76.1 Å². The molecule has 0 spiro atoms. The number of aromatic nitrogens is 1. The number of rotatable bonds is 29. The van der Waals surface area contributed by atoms with Crippen LogP contribution in [0.15, 0.2) is 45.1 Å². The molecule has 1 unspecified atom stereocenters. The molecule has 1 aromatic heterocycles. The number of fused-ring (bicyclic) bond motifs is 1. The van der Waals surface area contributed by atoms with Crippen molar-refractivity contribution in [1.82, 2.24) is 33.6 Å². The van der Waals surface area contributed by atoms with E-state index < -0.39 is 30.4 Å². The van der Waals surface area contributed by atoms with Gasteiger partial charge in [-0.05, 0) is 57.0 Å². The maximum atomic E-state index is 13.2. The Bertz CT molecular complexity index is 2090. The highest BCUT2D eigenvalue weighted by Gasteiger charge is 2.42. The number of carbonyl (C=O) groups excluding carboxylic acids is 5. The van der Waals surface area contributed by atoms with Crippen molar-refractivity contribution in [3.8, 4) is 5.75 Å². The fraction of sp³-hybridized carbons (Fsp3) is 0.617. The fourth-order valence-electron chi connectivity index (χ4n) is 8.57. The third-order valence-electron chi connectivity index (χ3n) is 12.3. The zero-order valence-corrected chi connectivity index (χ0v) is 40.0. The summed E-state index contributed by atoms with van der Waals surface area (Å²) < 4.78 is 34.8. The van der Waals surface area contributed by atoms with E-state index in [1.807, 2.05) is 29.0 Å². The van der Waals surface area contributed by atoms with Crippen LogP contribution in [0, 0.1) is 0 Å². The third-order valence-corrected chi connectivity index (χ3v) is 13.5. The number of ether oxygens (including phenoxy) is 5. The number of amides is 4. The van der Waals surface area contributed by atoms with E-state index in [2.05, 4.69) is 35.9 Å². The van der Waals surface area contributed by atoms with E-state index >= 15 is 0 Å². The number of benzene rings is 1. The number of imide groups is 1. The zero-order valence-electron chi connectivity index (χ0n) is 39.2. The Hall–Kier alpha value is -4.87. The summed E-state index contributed by atoms with van der Waals surface area (Å²) in [5.74, 6) is -1.47. The Balaban J connectivity index is 0.718. The van der Waals surface area contributed by atoms with Crippen molar-refractivity contribution < 1.29 is 47.7 Å². The number of hydrogen-bond acceptors (Lipinski definition) is 17. The quantitative estimate of drug-likeness (QED) is 0.0394. The molecule has 20 nitrogen and oxygen atoms in total. The van der Waals surface area contributed by atoms with E-state index in [-0.39, 0.29) is 66.4 Å². The summed E-state index contributed by atoms with van der Waals surface area (Å²) >= 11 is 1.86. The lowest BCUT2D eigenvalue weighted by Gasteiger charge is -2.37. The van der Waals surface area contributed by atoms with Gasteiger partial charge < -0.3 is 39.1 Å². The van der Waals surface area contributed by atoms with Crippen molar-refractivity contribution in [1.29, 1.82) is 0 Å². The summed E-state index contributed by atoms with van der Waals surface area (Å²) in [6.07, 6.45) is 8.59. The zero-order chi connectivity index (χ0) is 48.1. The van der Waals surface area contributed by atoms with Crippen molar-refractivity contribution in [2.24, 2.45) is 9.98 Å². The molecule has 4 heterocycles. The first-order valence-electron chi connectivity index (χ1n) is 23.7. The molecule has 2 N–H and O–H groups in total. The van der Waals surface area contributed by atoms with Crippen LogP contribution in [0.1, 0.15) is 83.7 Å². The number of nitrogens with one attached hydrogen (secondary N) is 2. The van der Waals surface area contributed by atoms with Gasteiger partial charge >= 0.3 is 0 Å². The second-order valence-corrected chi connectivity index (χ2v) is 18.1. The van der Waals surface area contributed by atoms with Crippen LogP contribution >= 0.6 is 12.1 Å². The summed E-state index contributed by atoms with van der Waals surface area (Å²) in [6, 6.07) is 7.24. The van der Waals surface area contributed by atoms with Gasteiger partial charge in [-0.2, -0.15) is 0 Å². The third kappa shape index (κ3) is 15.3. The predicted octanol–water partition coefficient (Wildman–Crippen LogP) is 2.31. The molecule has 3 aliphatic heterocycles. The van der Waals surface area contributed by atoms with E-state index in [9.17, 15) is 28.8 Å². The van der Waals surface area contributed by atoms with Crippen LogP contribution in [-0.4, -0.2) is 197 Å². The SMILES string of the molecule is C=Nc1c(/C=N\C2CCN(SN3CCN(CCOCCOCCOCCOCCNC(=O)COc4cccc5c4C(=O)N(C(C=O)CCC(=O)NC)C5=O)CC3)CC2)ccc(=O)n1C1CCCC1. The van der Waals surface area contributed by atoms with Crippen LogP contribution in [-0.2, 0) is 33.3 Å². The Morgan fingerprint density at radius 1 is 0.824 bits per heavy atom. The molecule has 1 aliphatic carbocycles. The number of piperazine rings is 1. The monoisotopic (exact) mass is 965 g/mol. The largest absolute Gasteiger partial charge is 0.483 e. The number of pyridine rings is 1. The second kappa shape index (κ2) is 28.0. The molecule has 0 radical (unpaired) electrons. The highest BCUT2D eigenvalue weighted by molar-refractivity contribution is 7.94. The molecule has 1 atom stereocenters. The molecule has 1 aromatic carbocycles. The minimum Gasteiger partial charge on any atom is -0.483 e. The first-order chi connectivity index (χ1) is 33.2. The van der Waals surface area contributed by atoms with Crippen molar-refractivity contribution in [3.05, 3.63) is 57.4 Å². The van der Waals surface area contributed by atoms with E-state index in [1.54, 1.807) is 6.07 Å². The molecular weight excluding hydrogens is 899 g/mol. The highest BCUT2D eigenvalue weighted by Crippen LogP contribution is 2.34. The minimum atomic E-state index is -1.12. The highest BCUT2D eigenvalue weighted by atomic mass is 32.2. The van der Waals surface area contributed by atoms with E-state index in [1.165, 1.54) is 25.2 Å². The Morgan fingerprint density at radius 3 is 2.15 bits per heavy atom. The molecule has 4 aliphatic rings. The molecule has 3 fully saturated rings. The molecule has 1 saturated carbocycles. The fourth-order valence-corrected chi connectivity index (χ4v) is 9.60. The van der Waals surface area contributed by atoms with E-state index in [0.29, 0.717) is 58.4 Å². The van der Waals surface area contributed by atoms with Crippen molar-refractivity contribution in [2.45, 2.75) is 69.5 Å². The van der Waals surface area contributed by atoms with Gasteiger partial charge in [-0.25, -0.2) is 13.6 Å². The number of aliphatic imine (C=N–C) groups is 2. The van der Waals surface area contributed by atoms with Gasteiger partial charge in [0.25, 0.3) is 23.3 Å². The van der Waals surface area contributed by atoms with Crippen molar-refractivity contribution >= 4 is 60.8 Å². The van der Waals surface area contributed by atoms with Gasteiger partial charge in [-0.1, -0.05) is 18.9 Å².